The smallest absolute Gasteiger partial charge is 0.142 e. The van der Waals surface area contributed by atoms with Crippen LogP contribution in [-0.4, -0.2) is 13.1 Å². The van der Waals surface area contributed by atoms with Gasteiger partial charge in [0.05, 0.1) is 5.02 Å². The van der Waals surface area contributed by atoms with Crippen molar-refractivity contribution in [3.8, 4) is 0 Å². The molecule has 1 aromatic rings. The number of benzene rings is 1. The van der Waals surface area contributed by atoms with E-state index in [2.05, 4.69) is 12.2 Å². The molecule has 1 aliphatic rings. The van der Waals surface area contributed by atoms with E-state index < -0.39 is 0 Å². The first-order valence-electron chi connectivity index (χ1n) is 7.85. The van der Waals surface area contributed by atoms with E-state index in [1.165, 1.54) is 32.1 Å². The minimum absolute atomic E-state index is 0.221. The van der Waals surface area contributed by atoms with Gasteiger partial charge in [-0.15, -0.1) is 0 Å². The molecule has 2 atom stereocenters. The normalized spacial score (nSPS) is 22.9. The van der Waals surface area contributed by atoms with Crippen LogP contribution in [0.2, 0.25) is 5.02 Å². The number of hydrogen-bond acceptors (Lipinski definition) is 1. The van der Waals surface area contributed by atoms with Crippen LogP contribution in [-0.2, 0) is 6.42 Å². The van der Waals surface area contributed by atoms with Crippen molar-refractivity contribution in [2.45, 2.75) is 45.4 Å². The molecule has 0 aliphatic heterocycles. The fraction of sp³-hybridized carbons (Fsp3) is 0.647. The van der Waals surface area contributed by atoms with E-state index in [9.17, 15) is 4.39 Å². The molecule has 1 saturated carbocycles. The maximum absolute atomic E-state index is 13.5. The van der Waals surface area contributed by atoms with Crippen molar-refractivity contribution < 1.29 is 4.39 Å². The maximum atomic E-state index is 13.5. The van der Waals surface area contributed by atoms with Crippen molar-refractivity contribution in [2.75, 3.05) is 13.1 Å². The van der Waals surface area contributed by atoms with Gasteiger partial charge in [-0.1, -0.05) is 37.4 Å². The van der Waals surface area contributed by atoms with Crippen molar-refractivity contribution in [1.82, 2.24) is 5.32 Å². The second-order valence-electron chi connectivity index (χ2n) is 5.96. The van der Waals surface area contributed by atoms with Crippen molar-refractivity contribution in [1.29, 1.82) is 0 Å². The molecule has 1 nitrogen and oxygen atoms in total. The Labute approximate surface area is 126 Å². The van der Waals surface area contributed by atoms with Crippen molar-refractivity contribution in [3.05, 3.63) is 34.6 Å². The van der Waals surface area contributed by atoms with Crippen LogP contribution >= 0.6 is 11.6 Å². The van der Waals surface area contributed by atoms with E-state index in [1.807, 2.05) is 6.07 Å². The minimum Gasteiger partial charge on any atom is -0.316 e. The van der Waals surface area contributed by atoms with E-state index in [-0.39, 0.29) is 10.8 Å². The second-order valence-corrected chi connectivity index (χ2v) is 6.37. The molecule has 0 aromatic heterocycles. The Hall–Kier alpha value is -0.600. The van der Waals surface area contributed by atoms with Gasteiger partial charge in [0.15, 0.2) is 0 Å². The van der Waals surface area contributed by atoms with E-state index in [1.54, 1.807) is 12.1 Å². The molecule has 1 fully saturated rings. The third-order valence-electron chi connectivity index (χ3n) is 4.38. The van der Waals surface area contributed by atoms with Crippen LogP contribution in [0.4, 0.5) is 4.39 Å². The summed E-state index contributed by atoms with van der Waals surface area (Å²) in [6.45, 7) is 4.40. The Balaban J connectivity index is 1.95. The summed E-state index contributed by atoms with van der Waals surface area (Å²) >= 11 is 5.75. The molecule has 3 heteroatoms. The highest BCUT2D eigenvalue weighted by molar-refractivity contribution is 6.30. The Morgan fingerprint density at radius 2 is 2.00 bits per heavy atom. The van der Waals surface area contributed by atoms with E-state index >= 15 is 0 Å². The van der Waals surface area contributed by atoms with Gasteiger partial charge in [0.2, 0.25) is 0 Å². The molecule has 112 valence electrons. The minimum atomic E-state index is -0.291. The zero-order valence-corrected chi connectivity index (χ0v) is 13.1. The predicted molar refractivity (Wildman–Crippen MR) is 83.7 cm³/mol. The van der Waals surface area contributed by atoms with Gasteiger partial charge in [-0.3, -0.25) is 0 Å². The van der Waals surface area contributed by atoms with Gasteiger partial charge < -0.3 is 5.32 Å². The molecular formula is C17H25ClFN. The van der Waals surface area contributed by atoms with Crippen LogP contribution in [0.15, 0.2) is 18.2 Å². The molecule has 0 amide bonds. The molecular weight excluding hydrogens is 273 g/mol. The van der Waals surface area contributed by atoms with Crippen molar-refractivity contribution in [2.24, 2.45) is 11.8 Å². The lowest BCUT2D eigenvalue weighted by atomic mass is 9.76. The number of rotatable bonds is 6. The standard InChI is InChI=1S/C17H25ClFN/c1-2-9-20-12-15-6-4-3-5-14(15)10-13-7-8-16(18)17(19)11-13/h7-8,11,14-15,20H,2-6,9-10,12H2,1H3. The van der Waals surface area contributed by atoms with Crippen LogP contribution in [0.1, 0.15) is 44.6 Å². The van der Waals surface area contributed by atoms with Crippen LogP contribution in [0.3, 0.4) is 0 Å². The molecule has 1 aromatic carbocycles. The van der Waals surface area contributed by atoms with E-state index in [0.29, 0.717) is 5.92 Å². The van der Waals surface area contributed by atoms with Gasteiger partial charge in [-0.2, -0.15) is 0 Å². The van der Waals surface area contributed by atoms with Gasteiger partial charge >= 0.3 is 0 Å². The topological polar surface area (TPSA) is 12.0 Å². The summed E-state index contributed by atoms with van der Waals surface area (Å²) in [7, 11) is 0. The van der Waals surface area contributed by atoms with Gasteiger partial charge in [0.1, 0.15) is 5.82 Å². The molecule has 1 aliphatic carbocycles. The molecule has 0 saturated heterocycles. The average Bonchev–Trinajstić information content (AvgIpc) is 2.45. The van der Waals surface area contributed by atoms with Gasteiger partial charge in [-0.25, -0.2) is 4.39 Å². The SMILES string of the molecule is CCCNCC1CCCCC1Cc1ccc(Cl)c(F)c1. The molecule has 1 N–H and O–H groups in total. The van der Waals surface area contributed by atoms with Crippen LogP contribution < -0.4 is 5.32 Å². The summed E-state index contributed by atoms with van der Waals surface area (Å²) in [4.78, 5) is 0. The van der Waals surface area contributed by atoms with Gasteiger partial charge in [-0.05, 0) is 68.3 Å². The largest absolute Gasteiger partial charge is 0.316 e. The lowest BCUT2D eigenvalue weighted by molar-refractivity contribution is 0.228. The molecule has 20 heavy (non-hydrogen) atoms. The monoisotopic (exact) mass is 297 g/mol. The Kier molecular flexibility index (Phi) is 6.31. The summed E-state index contributed by atoms with van der Waals surface area (Å²) in [5.41, 5.74) is 1.08. The Morgan fingerprint density at radius 1 is 1.25 bits per heavy atom. The number of hydrogen-bond donors (Lipinski definition) is 1. The first-order valence-corrected chi connectivity index (χ1v) is 8.23. The predicted octanol–water partition coefficient (Wildman–Crippen LogP) is 4.83. The molecule has 0 radical (unpaired) electrons. The first-order chi connectivity index (χ1) is 9.70. The van der Waals surface area contributed by atoms with Crippen LogP contribution in [0.25, 0.3) is 0 Å². The summed E-state index contributed by atoms with van der Waals surface area (Å²) in [5, 5.41) is 3.77. The number of halogens is 2. The van der Waals surface area contributed by atoms with Crippen molar-refractivity contribution in [3.63, 3.8) is 0 Å². The summed E-state index contributed by atoms with van der Waals surface area (Å²) < 4.78 is 13.5. The molecule has 0 bridgehead atoms. The van der Waals surface area contributed by atoms with Crippen LogP contribution in [0.5, 0.6) is 0 Å². The van der Waals surface area contributed by atoms with Crippen molar-refractivity contribution >= 4 is 11.6 Å². The van der Waals surface area contributed by atoms with E-state index in [0.717, 1.165) is 31.0 Å². The average molecular weight is 298 g/mol. The fourth-order valence-corrected chi connectivity index (χ4v) is 3.37. The molecule has 2 rings (SSSR count). The maximum Gasteiger partial charge on any atom is 0.142 e. The molecule has 2 unspecified atom stereocenters. The first kappa shape index (κ1) is 15.8. The molecule has 0 heterocycles. The third-order valence-corrected chi connectivity index (χ3v) is 4.69. The van der Waals surface area contributed by atoms with Crippen LogP contribution in [0, 0.1) is 17.7 Å². The highest BCUT2D eigenvalue weighted by atomic mass is 35.5. The highest BCUT2D eigenvalue weighted by Gasteiger charge is 2.25. The third kappa shape index (κ3) is 4.46. The number of nitrogens with one attached hydrogen (secondary N) is 1. The summed E-state index contributed by atoms with van der Waals surface area (Å²) in [5.74, 6) is 1.11. The molecule has 0 spiro atoms. The second kappa shape index (κ2) is 7.99. The zero-order chi connectivity index (χ0) is 14.4. The zero-order valence-electron chi connectivity index (χ0n) is 12.3. The Morgan fingerprint density at radius 3 is 2.70 bits per heavy atom. The summed E-state index contributed by atoms with van der Waals surface area (Å²) in [6, 6.07) is 5.25. The van der Waals surface area contributed by atoms with Gasteiger partial charge in [0, 0.05) is 0 Å². The quantitative estimate of drug-likeness (QED) is 0.742. The lowest BCUT2D eigenvalue weighted by Crippen LogP contribution is -2.32. The lowest BCUT2D eigenvalue weighted by Gasteiger charge is -2.32. The van der Waals surface area contributed by atoms with Gasteiger partial charge in [0.25, 0.3) is 0 Å². The van der Waals surface area contributed by atoms with E-state index in [4.69, 9.17) is 11.6 Å². The Bertz CT molecular complexity index is 421. The fourth-order valence-electron chi connectivity index (χ4n) is 3.26. The highest BCUT2D eigenvalue weighted by Crippen LogP contribution is 2.32. The summed E-state index contributed by atoms with van der Waals surface area (Å²) in [6.07, 6.45) is 7.38.